The van der Waals surface area contributed by atoms with E-state index < -0.39 is 12.0 Å². The third kappa shape index (κ3) is 8.21. The van der Waals surface area contributed by atoms with Gasteiger partial charge in [-0.15, -0.1) is 0 Å². The molecule has 1 aromatic carbocycles. The van der Waals surface area contributed by atoms with Crippen LogP contribution in [-0.2, 0) is 11.2 Å². The standard InChI is InChI=1S/C24H30N4O3.C4H10/c1-4-17-10-12-18-20(13-11-17)26-22(19-8-6-7-9-21(19)30)27-23(18)28(5-2)15-14-25-24(31)16(3)29;1-4(2)3/h6-12,16,29-30H,4-5,13-15H2,1-3H3,(H,25,31);4H,1-3H3. The van der Waals surface area contributed by atoms with Gasteiger partial charge in [0.25, 0.3) is 0 Å². The number of phenols is 1. The molecule has 0 saturated heterocycles. The average molecular weight is 481 g/mol. The van der Waals surface area contributed by atoms with Gasteiger partial charge in [0.2, 0.25) is 5.91 Å². The molecule has 1 atom stereocenters. The number of aromatic hydroxyl groups is 1. The number of allylic oxidation sites excluding steroid dienone is 3. The zero-order valence-corrected chi connectivity index (χ0v) is 21.9. The van der Waals surface area contributed by atoms with Crippen molar-refractivity contribution in [2.75, 3.05) is 24.5 Å². The van der Waals surface area contributed by atoms with Crippen LogP contribution in [-0.4, -0.2) is 51.8 Å². The number of phenolic OH excluding ortho intramolecular Hbond substituents is 1. The van der Waals surface area contributed by atoms with Gasteiger partial charge >= 0.3 is 0 Å². The quantitative estimate of drug-likeness (QED) is 0.505. The van der Waals surface area contributed by atoms with Crippen LogP contribution in [0.2, 0.25) is 0 Å². The maximum absolute atomic E-state index is 11.7. The summed E-state index contributed by atoms with van der Waals surface area (Å²) in [4.78, 5) is 23.4. The number of carbonyl (C=O) groups excluding carboxylic acids is 1. The Morgan fingerprint density at radius 2 is 1.80 bits per heavy atom. The molecule has 190 valence electrons. The predicted molar refractivity (Wildman–Crippen MR) is 143 cm³/mol. The van der Waals surface area contributed by atoms with Crippen molar-refractivity contribution in [1.29, 1.82) is 0 Å². The second-order valence-electron chi connectivity index (χ2n) is 9.20. The second-order valence-corrected chi connectivity index (χ2v) is 9.20. The highest BCUT2D eigenvalue weighted by Crippen LogP contribution is 2.32. The van der Waals surface area contributed by atoms with E-state index >= 15 is 0 Å². The number of carbonyl (C=O) groups is 1. The van der Waals surface area contributed by atoms with Crippen molar-refractivity contribution in [1.82, 2.24) is 15.3 Å². The van der Waals surface area contributed by atoms with Gasteiger partial charge < -0.3 is 20.4 Å². The number of nitrogens with zero attached hydrogens (tertiary/aromatic N) is 3. The molecule has 1 aromatic heterocycles. The smallest absolute Gasteiger partial charge is 0.248 e. The Balaban J connectivity index is 0.00000100. The Hall–Kier alpha value is -3.19. The molecule has 0 fully saturated rings. The molecule has 1 aliphatic rings. The molecule has 0 bridgehead atoms. The van der Waals surface area contributed by atoms with E-state index in [4.69, 9.17) is 9.97 Å². The first-order valence-corrected chi connectivity index (χ1v) is 12.4. The lowest BCUT2D eigenvalue weighted by atomic mass is 10.1. The molecule has 1 heterocycles. The first kappa shape index (κ1) is 28.1. The number of rotatable bonds is 8. The van der Waals surface area contributed by atoms with Gasteiger partial charge in [0.15, 0.2) is 5.82 Å². The van der Waals surface area contributed by atoms with Gasteiger partial charge in [0, 0.05) is 31.6 Å². The number of hydrogen-bond acceptors (Lipinski definition) is 6. The molecule has 1 unspecified atom stereocenters. The van der Waals surface area contributed by atoms with Crippen molar-refractivity contribution < 1.29 is 15.0 Å². The Bertz CT molecular complexity index is 1040. The molecule has 3 N–H and O–H groups in total. The van der Waals surface area contributed by atoms with Crippen LogP contribution < -0.4 is 10.2 Å². The van der Waals surface area contributed by atoms with Crippen molar-refractivity contribution in [2.24, 2.45) is 5.92 Å². The van der Waals surface area contributed by atoms with E-state index in [1.165, 1.54) is 12.5 Å². The molecule has 7 nitrogen and oxygen atoms in total. The number of aromatic nitrogens is 2. The SMILES string of the molecule is CC(C)C.CCC1=CCc2nc(-c3ccccc3O)nc(N(CC)CCNC(=O)C(C)O)c2C=C1. The van der Waals surface area contributed by atoms with Crippen molar-refractivity contribution in [2.45, 2.75) is 60.5 Å². The highest BCUT2D eigenvalue weighted by molar-refractivity contribution is 5.80. The van der Waals surface area contributed by atoms with Crippen molar-refractivity contribution in [3.63, 3.8) is 0 Å². The first-order chi connectivity index (χ1) is 16.7. The molecule has 1 amide bonds. The first-order valence-electron chi connectivity index (χ1n) is 12.4. The maximum Gasteiger partial charge on any atom is 0.248 e. The third-order valence-electron chi connectivity index (χ3n) is 5.32. The van der Waals surface area contributed by atoms with E-state index in [0.29, 0.717) is 37.4 Å². The Morgan fingerprint density at radius 3 is 2.40 bits per heavy atom. The average Bonchev–Trinajstić information content (AvgIpc) is 3.03. The van der Waals surface area contributed by atoms with Gasteiger partial charge in [-0.05, 0) is 44.4 Å². The largest absolute Gasteiger partial charge is 0.507 e. The summed E-state index contributed by atoms with van der Waals surface area (Å²) in [5.41, 5.74) is 3.66. The van der Waals surface area contributed by atoms with E-state index in [0.717, 1.165) is 29.4 Å². The van der Waals surface area contributed by atoms with Crippen LogP contribution in [0.1, 0.15) is 59.2 Å². The highest BCUT2D eigenvalue weighted by atomic mass is 16.3. The molecule has 2 aromatic rings. The van der Waals surface area contributed by atoms with E-state index in [9.17, 15) is 15.0 Å². The summed E-state index contributed by atoms with van der Waals surface area (Å²) in [6.45, 7) is 13.7. The van der Waals surface area contributed by atoms with Crippen LogP contribution in [0.4, 0.5) is 5.82 Å². The molecule has 7 heteroatoms. The Labute approximate surface area is 209 Å². The van der Waals surface area contributed by atoms with Crippen molar-refractivity contribution in [3.05, 3.63) is 53.2 Å². The Kier molecular flexibility index (Phi) is 10.9. The lowest BCUT2D eigenvalue weighted by Gasteiger charge is -2.25. The number of benzene rings is 1. The van der Waals surface area contributed by atoms with Crippen molar-refractivity contribution in [3.8, 4) is 17.1 Å². The number of amides is 1. The minimum Gasteiger partial charge on any atom is -0.507 e. The molecule has 0 saturated carbocycles. The molecular formula is C28H40N4O3. The zero-order chi connectivity index (χ0) is 26.0. The minimum atomic E-state index is -1.04. The molecule has 0 radical (unpaired) electrons. The van der Waals surface area contributed by atoms with Crippen LogP contribution in [0.3, 0.4) is 0 Å². The maximum atomic E-state index is 11.7. The van der Waals surface area contributed by atoms with Crippen molar-refractivity contribution >= 4 is 17.8 Å². The number of hydrogen-bond donors (Lipinski definition) is 3. The summed E-state index contributed by atoms with van der Waals surface area (Å²) in [6, 6.07) is 7.05. The third-order valence-corrected chi connectivity index (χ3v) is 5.32. The number of likely N-dealkylation sites (N-methyl/N-ethyl adjacent to an activating group) is 1. The molecule has 35 heavy (non-hydrogen) atoms. The molecule has 1 aliphatic carbocycles. The van der Waals surface area contributed by atoms with Gasteiger partial charge in [-0.2, -0.15) is 0 Å². The van der Waals surface area contributed by atoms with Crippen LogP contribution in [0.15, 0.2) is 42.0 Å². The fourth-order valence-electron chi connectivity index (χ4n) is 3.48. The minimum absolute atomic E-state index is 0.134. The monoisotopic (exact) mass is 480 g/mol. The fraction of sp³-hybridized carbons (Fsp3) is 0.464. The van der Waals surface area contributed by atoms with Gasteiger partial charge in [-0.25, -0.2) is 9.97 Å². The summed E-state index contributed by atoms with van der Waals surface area (Å²) in [5.74, 6) is 1.80. The summed E-state index contributed by atoms with van der Waals surface area (Å²) < 4.78 is 0. The van der Waals surface area contributed by atoms with Gasteiger partial charge in [-0.1, -0.05) is 57.6 Å². The number of para-hydroxylation sites is 1. The number of fused-ring (bicyclic) bond motifs is 1. The van der Waals surface area contributed by atoms with E-state index in [2.05, 4.69) is 56.1 Å². The summed E-state index contributed by atoms with van der Waals surface area (Å²) >= 11 is 0. The van der Waals surface area contributed by atoms with E-state index in [1.54, 1.807) is 18.2 Å². The van der Waals surface area contributed by atoms with Gasteiger partial charge in [0.05, 0.1) is 11.3 Å². The highest BCUT2D eigenvalue weighted by Gasteiger charge is 2.20. The van der Waals surface area contributed by atoms with Crippen LogP contribution in [0.25, 0.3) is 17.5 Å². The number of aliphatic hydroxyl groups excluding tert-OH is 1. The molecule has 0 aliphatic heterocycles. The normalized spacial score (nSPS) is 13.2. The molecule has 0 spiro atoms. The lowest BCUT2D eigenvalue weighted by molar-refractivity contribution is -0.128. The number of aliphatic hydroxyl groups is 1. The van der Waals surface area contributed by atoms with Crippen LogP contribution in [0.5, 0.6) is 5.75 Å². The number of anilines is 1. The zero-order valence-electron chi connectivity index (χ0n) is 21.9. The topological polar surface area (TPSA) is 98.6 Å². The summed E-state index contributed by atoms with van der Waals surface area (Å²) in [7, 11) is 0. The fourth-order valence-corrected chi connectivity index (χ4v) is 3.48. The van der Waals surface area contributed by atoms with Crippen LogP contribution in [0, 0.1) is 5.92 Å². The van der Waals surface area contributed by atoms with Gasteiger partial charge in [0.1, 0.15) is 17.7 Å². The van der Waals surface area contributed by atoms with E-state index in [1.807, 2.05) is 13.0 Å². The molecule has 3 rings (SSSR count). The predicted octanol–water partition coefficient (Wildman–Crippen LogP) is 4.74. The lowest BCUT2D eigenvalue weighted by Crippen LogP contribution is -2.39. The summed E-state index contributed by atoms with van der Waals surface area (Å²) in [5, 5.41) is 22.5. The Morgan fingerprint density at radius 1 is 1.11 bits per heavy atom. The molecular weight excluding hydrogens is 440 g/mol. The second kappa shape index (κ2) is 13.6. The van der Waals surface area contributed by atoms with E-state index in [-0.39, 0.29) is 5.75 Å². The van der Waals surface area contributed by atoms with Crippen LogP contribution >= 0.6 is 0 Å². The van der Waals surface area contributed by atoms with Gasteiger partial charge in [-0.3, -0.25) is 4.79 Å². The summed E-state index contributed by atoms with van der Waals surface area (Å²) in [6.07, 6.45) is 6.90. The number of nitrogens with one attached hydrogen (secondary N) is 1.